The second kappa shape index (κ2) is 7.67. The first-order valence-electron chi connectivity index (χ1n) is 7.65. The van der Waals surface area contributed by atoms with E-state index in [4.69, 9.17) is 11.6 Å². The third kappa shape index (κ3) is 4.18. The molecule has 7 nitrogen and oxygen atoms in total. The minimum absolute atomic E-state index is 0.103. The minimum Gasteiger partial charge on any atom is -0.258 e. The lowest BCUT2D eigenvalue weighted by Gasteiger charge is -2.07. The van der Waals surface area contributed by atoms with Gasteiger partial charge in [0.15, 0.2) is 4.90 Å². The molecule has 1 N–H and O–H groups in total. The van der Waals surface area contributed by atoms with E-state index in [1.54, 1.807) is 11.3 Å². The Labute approximate surface area is 158 Å². The molecule has 0 saturated heterocycles. The molecule has 26 heavy (non-hydrogen) atoms. The molecule has 0 amide bonds. The number of hydrogen-bond acceptors (Lipinski definition) is 6. The van der Waals surface area contributed by atoms with Crippen LogP contribution in [0, 0.1) is 10.1 Å². The van der Waals surface area contributed by atoms with Crippen LogP contribution in [0.2, 0.25) is 5.02 Å². The zero-order chi connectivity index (χ0) is 18.7. The van der Waals surface area contributed by atoms with Crippen LogP contribution in [0.4, 0.5) is 5.69 Å². The summed E-state index contributed by atoms with van der Waals surface area (Å²) in [6.45, 7) is 0.151. The van der Waals surface area contributed by atoms with Crippen molar-refractivity contribution in [3.8, 4) is 0 Å². The number of nitrogens with one attached hydrogen (secondary N) is 1. The van der Waals surface area contributed by atoms with Crippen LogP contribution in [0.1, 0.15) is 11.4 Å². The monoisotopic (exact) mass is 411 g/mol. The van der Waals surface area contributed by atoms with Crippen LogP contribution in [-0.4, -0.2) is 24.9 Å². The second-order valence-corrected chi connectivity index (χ2v) is 8.73. The number of nitro groups is 1. The number of nitro benzene ring substituents is 1. The Balaban J connectivity index is 1.64. The fourth-order valence-corrected chi connectivity index (χ4v) is 4.81. The van der Waals surface area contributed by atoms with Gasteiger partial charge in [0, 0.05) is 24.1 Å². The van der Waals surface area contributed by atoms with Crippen molar-refractivity contribution in [1.82, 2.24) is 9.71 Å². The van der Waals surface area contributed by atoms with Crippen molar-refractivity contribution in [3.63, 3.8) is 0 Å². The quantitative estimate of drug-likeness (QED) is 0.362. The molecule has 0 unspecified atom stereocenters. The maximum Gasteiger partial charge on any atom is 0.290 e. The summed E-state index contributed by atoms with van der Waals surface area (Å²) in [7, 11) is -4.00. The summed E-state index contributed by atoms with van der Waals surface area (Å²) in [4.78, 5) is 14.4. The van der Waals surface area contributed by atoms with Gasteiger partial charge in [0.25, 0.3) is 5.69 Å². The van der Waals surface area contributed by atoms with Crippen LogP contribution >= 0.6 is 22.9 Å². The highest BCUT2D eigenvalue weighted by Gasteiger charge is 2.25. The largest absolute Gasteiger partial charge is 0.290 e. The number of fused-ring (bicyclic) bond motifs is 1. The van der Waals surface area contributed by atoms with Crippen molar-refractivity contribution < 1.29 is 13.3 Å². The predicted octanol–water partition coefficient (Wildman–Crippen LogP) is 3.77. The lowest BCUT2D eigenvalue weighted by Crippen LogP contribution is -2.25. The van der Waals surface area contributed by atoms with Gasteiger partial charge in [-0.2, -0.15) is 0 Å². The van der Waals surface area contributed by atoms with Gasteiger partial charge in [-0.05, 0) is 30.7 Å². The molecule has 136 valence electrons. The van der Waals surface area contributed by atoms with E-state index in [0.29, 0.717) is 12.8 Å². The van der Waals surface area contributed by atoms with Gasteiger partial charge in [0.2, 0.25) is 10.0 Å². The molecule has 0 aliphatic carbocycles. The molecule has 3 aromatic rings. The number of sulfonamides is 1. The van der Waals surface area contributed by atoms with E-state index in [2.05, 4.69) is 9.71 Å². The third-order valence-corrected chi connectivity index (χ3v) is 6.44. The summed E-state index contributed by atoms with van der Waals surface area (Å²) in [5.74, 6) is 0. The van der Waals surface area contributed by atoms with Crippen molar-refractivity contribution in [1.29, 1.82) is 0 Å². The van der Waals surface area contributed by atoms with Crippen molar-refractivity contribution in [2.24, 2.45) is 0 Å². The number of aromatic nitrogens is 1. The van der Waals surface area contributed by atoms with Gasteiger partial charge < -0.3 is 0 Å². The third-order valence-electron chi connectivity index (χ3n) is 3.60. The highest BCUT2D eigenvalue weighted by molar-refractivity contribution is 7.89. The molecular weight excluding hydrogens is 398 g/mol. The Morgan fingerprint density at radius 2 is 2.00 bits per heavy atom. The molecule has 10 heteroatoms. The molecular formula is C16H14ClN3O4S2. The zero-order valence-electron chi connectivity index (χ0n) is 13.4. The normalized spacial score (nSPS) is 11.7. The van der Waals surface area contributed by atoms with E-state index in [-0.39, 0.29) is 11.6 Å². The van der Waals surface area contributed by atoms with E-state index in [9.17, 15) is 18.5 Å². The number of nitrogens with zero attached hydrogens (tertiary/aromatic N) is 2. The van der Waals surface area contributed by atoms with Gasteiger partial charge in [0.05, 0.1) is 20.1 Å². The molecule has 0 bridgehead atoms. The maximum atomic E-state index is 12.3. The highest BCUT2D eigenvalue weighted by atomic mass is 35.5. The molecule has 0 spiro atoms. The van der Waals surface area contributed by atoms with Gasteiger partial charge in [-0.3, -0.25) is 10.1 Å². The molecule has 0 fully saturated rings. The maximum absolute atomic E-state index is 12.3. The van der Waals surface area contributed by atoms with Crippen LogP contribution in [0.5, 0.6) is 0 Å². The van der Waals surface area contributed by atoms with Crippen molar-refractivity contribution in [2.75, 3.05) is 6.54 Å². The highest BCUT2D eigenvalue weighted by Crippen LogP contribution is 2.27. The lowest BCUT2D eigenvalue weighted by atomic mass is 10.3. The molecule has 1 aromatic heterocycles. The SMILES string of the molecule is O=[N+]([O-])c1cc(Cl)ccc1S(=O)(=O)NCCCc1nc2ccccc2s1. The first-order valence-corrected chi connectivity index (χ1v) is 10.3. The van der Waals surface area contributed by atoms with Gasteiger partial charge in [-0.25, -0.2) is 18.1 Å². The number of para-hydroxylation sites is 1. The van der Waals surface area contributed by atoms with Crippen LogP contribution < -0.4 is 4.72 Å². The topological polar surface area (TPSA) is 102 Å². The van der Waals surface area contributed by atoms with Crippen molar-refractivity contribution in [3.05, 3.63) is 62.6 Å². The summed E-state index contributed by atoms with van der Waals surface area (Å²) in [6, 6.07) is 11.2. The lowest BCUT2D eigenvalue weighted by molar-refractivity contribution is -0.387. The average molecular weight is 412 g/mol. The van der Waals surface area contributed by atoms with Crippen LogP contribution in [0.15, 0.2) is 47.4 Å². The second-order valence-electron chi connectivity index (χ2n) is 5.45. The summed E-state index contributed by atoms with van der Waals surface area (Å²) in [5.41, 5.74) is 0.376. The van der Waals surface area contributed by atoms with Gasteiger partial charge in [-0.15, -0.1) is 11.3 Å². The molecule has 0 saturated carbocycles. The standard InChI is InChI=1S/C16H14ClN3O4S2/c17-11-7-8-15(13(10-11)20(21)22)26(23,24)18-9-3-6-16-19-12-4-1-2-5-14(12)25-16/h1-2,4-5,7-8,10,18H,3,6,9H2. The Morgan fingerprint density at radius 1 is 1.23 bits per heavy atom. The number of hydrogen-bond donors (Lipinski definition) is 1. The molecule has 1 heterocycles. The Morgan fingerprint density at radius 3 is 2.73 bits per heavy atom. The Kier molecular flexibility index (Phi) is 5.52. The minimum atomic E-state index is -4.00. The smallest absolute Gasteiger partial charge is 0.258 e. The molecule has 0 radical (unpaired) electrons. The average Bonchev–Trinajstić information content (AvgIpc) is 3.01. The van der Waals surface area contributed by atoms with Crippen LogP contribution in [-0.2, 0) is 16.4 Å². The van der Waals surface area contributed by atoms with Crippen LogP contribution in [0.25, 0.3) is 10.2 Å². The number of halogens is 1. The number of benzene rings is 2. The van der Waals surface area contributed by atoms with E-state index >= 15 is 0 Å². The van der Waals surface area contributed by atoms with Gasteiger partial charge in [0.1, 0.15) is 0 Å². The van der Waals surface area contributed by atoms with Gasteiger partial charge >= 0.3 is 0 Å². The summed E-state index contributed by atoms with van der Waals surface area (Å²) < 4.78 is 28.2. The molecule has 0 atom stereocenters. The number of thiazole rings is 1. The Hall–Kier alpha value is -2.07. The molecule has 2 aromatic carbocycles. The zero-order valence-corrected chi connectivity index (χ0v) is 15.8. The Bertz CT molecular complexity index is 1030. The first kappa shape index (κ1) is 18.7. The number of aryl methyl sites for hydroxylation is 1. The fraction of sp³-hybridized carbons (Fsp3) is 0.188. The summed E-state index contributed by atoms with van der Waals surface area (Å²) in [5, 5.41) is 12.1. The first-order chi connectivity index (χ1) is 12.4. The van der Waals surface area contributed by atoms with E-state index in [0.717, 1.165) is 27.4 Å². The van der Waals surface area contributed by atoms with Crippen molar-refractivity contribution in [2.45, 2.75) is 17.7 Å². The predicted molar refractivity (Wildman–Crippen MR) is 101 cm³/mol. The van der Waals surface area contributed by atoms with E-state index < -0.39 is 25.5 Å². The fourth-order valence-electron chi connectivity index (χ4n) is 2.41. The van der Waals surface area contributed by atoms with E-state index in [1.165, 1.54) is 6.07 Å². The molecule has 3 rings (SSSR count). The van der Waals surface area contributed by atoms with Crippen molar-refractivity contribution >= 4 is 48.9 Å². The van der Waals surface area contributed by atoms with Crippen LogP contribution in [0.3, 0.4) is 0 Å². The molecule has 0 aliphatic heterocycles. The summed E-state index contributed by atoms with van der Waals surface area (Å²) in [6.07, 6.45) is 1.14. The summed E-state index contributed by atoms with van der Waals surface area (Å²) >= 11 is 7.28. The molecule has 0 aliphatic rings. The van der Waals surface area contributed by atoms with E-state index in [1.807, 2.05) is 24.3 Å². The van der Waals surface area contributed by atoms with Gasteiger partial charge in [-0.1, -0.05) is 23.7 Å². The number of rotatable bonds is 7.